The SMILES string of the molecule is CC1=C(c2cc3nc(C)c(C(OC(C)(C)C)C(=O)O)c(-c4cc(F)c5c(c4C)CCCO5)n3n2)CCC=C1. The van der Waals surface area contributed by atoms with E-state index in [1.165, 1.54) is 6.07 Å². The lowest BCUT2D eigenvalue weighted by Gasteiger charge is -2.28. The Morgan fingerprint density at radius 1 is 1.21 bits per heavy atom. The van der Waals surface area contributed by atoms with Crippen molar-refractivity contribution in [2.45, 2.75) is 78.9 Å². The molecule has 1 unspecified atom stereocenters. The van der Waals surface area contributed by atoms with Gasteiger partial charge in [0, 0.05) is 28.5 Å². The Hall–Kier alpha value is -3.52. The van der Waals surface area contributed by atoms with Gasteiger partial charge in [0.15, 0.2) is 23.3 Å². The first-order chi connectivity index (χ1) is 18.0. The van der Waals surface area contributed by atoms with E-state index >= 15 is 4.39 Å². The van der Waals surface area contributed by atoms with Crippen LogP contribution in [0.15, 0.2) is 29.9 Å². The minimum absolute atomic E-state index is 0.276. The van der Waals surface area contributed by atoms with Crippen LogP contribution in [0, 0.1) is 19.7 Å². The number of nitrogens with zero attached hydrogens (tertiary/aromatic N) is 3. The van der Waals surface area contributed by atoms with E-state index in [4.69, 9.17) is 19.6 Å². The van der Waals surface area contributed by atoms with Crippen LogP contribution >= 0.6 is 0 Å². The van der Waals surface area contributed by atoms with Gasteiger partial charge in [0.2, 0.25) is 0 Å². The summed E-state index contributed by atoms with van der Waals surface area (Å²) in [4.78, 5) is 17.4. The van der Waals surface area contributed by atoms with Crippen molar-refractivity contribution in [3.63, 3.8) is 0 Å². The second kappa shape index (κ2) is 9.66. The molecular weight excluding hydrogens is 485 g/mol. The quantitative estimate of drug-likeness (QED) is 0.412. The minimum Gasteiger partial charge on any atom is -0.490 e. The first kappa shape index (κ1) is 26.1. The van der Waals surface area contributed by atoms with E-state index in [1.54, 1.807) is 11.4 Å². The highest BCUT2D eigenvalue weighted by molar-refractivity contribution is 5.82. The maximum Gasteiger partial charge on any atom is 0.337 e. The number of carbonyl (C=O) groups is 1. The summed E-state index contributed by atoms with van der Waals surface area (Å²) in [7, 11) is 0. The molecule has 0 fully saturated rings. The standard InChI is InChI=1S/C30H34FN3O4/c1-16-10-7-8-11-19(16)23-15-24-32-18(3)25(28(29(35)36)38-30(4,5)6)26(34(24)33-23)21-14-22(31)27-20(17(21)2)12-9-13-37-27/h7,10,14-15,28H,8-9,11-13H2,1-6H3,(H,35,36). The summed E-state index contributed by atoms with van der Waals surface area (Å²) in [6.07, 6.45) is 6.13. The highest BCUT2D eigenvalue weighted by atomic mass is 19.1. The fourth-order valence-corrected chi connectivity index (χ4v) is 5.46. The lowest BCUT2D eigenvalue weighted by atomic mass is 9.91. The van der Waals surface area contributed by atoms with Crippen LogP contribution in [0.1, 0.15) is 81.1 Å². The highest BCUT2D eigenvalue weighted by Gasteiger charge is 2.34. The number of aryl methyl sites for hydroxylation is 1. The maximum absolute atomic E-state index is 15.5. The Kier molecular flexibility index (Phi) is 6.63. The van der Waals surface area contributed by atoms with Crippen molar-refractivity contribution < 1.29 is 23.8 Å². The summed E-state index contributed by atoms with van der Waals surface area (Å²) in [6, 6.07) is 3.36. The normalized spacial score (nSPS) is 16.5. The molecule has 2 aliphatic rings. The molecule has 1 aromatic carbocycles. The Morgan fingerprint density at radius 2 is 1.97 bits per heavy atom. The third-order valence-electron chi connectivity index (χ3n) is 7.19. The monoisotopic (exact) mass is 519 g/mol. The molecule has 1 aliphatic heterocycles. The fourth-order valence-electron chi connectivity index (χ4n) is 5.46. The second-order valence-electron chi connectivity index (χ2n) is 11.1. The molecule has 5 rings (SSSR count). The van der Waals surface area contributed by atoms with Gasteiger partial charge in [-0.05, 0) is 90.0 Å². The van der Waals surface area contributed by atoms with Gasteiger partial charge in [0.05, 0.1) is 23.6 Å². The van der Waals surface area contributed by atoms with Crippen molar-refractivity contribution in [1.29, 1.82) is 0 Å². The first-order valence-corrected chi connectivity index (χ1v) is 13.1. The Bertz CT molecular complexity index is 1510. The lowest BCUT2D eigenvalue weighted by Crippen LogP contribution is -2.29. The number of halogens is 1. The van der Waals surface area contributed by atoms with E-state index in [2.05, 4.69) is 19.1 Å². The van der Waals surface area contributed by atoms with Gasteiger partial charge < -0.3 is 14.6 Å². The van der Waals surface area contributed by atoms with Crippen molar-refractivity contribution in [2.75, 3.05) is 6.61 Å². The average molecular weight is 520 g/mol. The smallest absolute Gasteiger partial charge is 0.337 e. The number of carboxylic acid groups (broad SMARTS) is 1. The average Bonchev–Trinajstić information content (AvgIpc) is 3.27. The van der Waals surface area contributed by atoms with Gasteiger partial charge in [0.25, 0.3) is 0 Å². The molecule has 0 saturated heterocycles. The molecule has 3 aromatic rings. The second-order valence-corrected chi connectivity index (χ2v) is 11.1. The summed E-state index contributed by atoms with van der Waals surface area (Å²) in [5.74, 6) is -1.34. The molecule has 2 aromatic heterocycles. The molecule has 0 amide bonds. The van der Waals surface area contributed by atoms with Crippen LogP contribution < -0.4 is 4.74 Å². The Labute approximate surface area is 222 Å². The number of rotatable bonds is 5. The number of carboxylic acids is 1. The molecule has 200 valence electrons. The van der Waals surface area contributed by atoms with Crippen molar-refractivity contribution in [2.24, 2.45) is 0 Å². The molecule has 1 N–H and O–H groups in total. The zero-order valence-electron chi connectivity index (χ0n) is 22.8. The Morgan fingerprint density at radius 3 is 2.66 bits per heavy atom. The molecule has 0 bridgehead atoms. The zero-order chi connectivity index (χ0) is 27.4. The minimum atomic E-state index is -1.33. The third kappa shape index (κ3) is 4.62. The molecule has 38 heavy (non-hydrogen) atoms. The lowest BCUT2D eigenvalue weighted by molar-refractivity contribution is -0.160. The molecule has 0 saturated carbocycles. The van der Waals surface area contributed by atoms with Gasteiger partial charge >= 0.3 is 5.97 Å². The number of benzene rings is 1. The number of aliphatic carboxylic acids is 1. The van der Waals surface area contributed by atoms with Crippen molar-refractivity contribution in [3.8, 4) is 17.0 Å². The van der Waals surface area contributed by atoms with Crippen molar-refractivity contribution in [1.82, 2.24) is 14.6 Å². The van der Waals surface area contributed by atoms with Gasteiger partial charge in [-0.1, -0.05) is 12.2 Å². The molecule has 7 nitrogen and oxygen atoms in total. The molecule has 3 heterocycles. The highest BCUT2D eigenvalue weighted by Crippen LogP contribution is 2.42. The topological polar surface area (TPSA) is 86.0 Å². The fraction of sp³-hybridized carbons (Fsp3) is 0.433. The molecular formula is C30H34FN3O4. The number of hydrogen-bond donors (Lipinski definition) is 1. The van der Waals surface area contributed by atoms with E-state index in [0.29, 0.717) is 41.2 Å². The number of aromatic nitrogens is 3. The van der Waals surface area contributed by atoms with Crippen molar-refractivity contribution in [3.05, 3.63) is 63.8 Å². The first-order valence-electron chi connectivity index (χ1n) is 13.1. The van der Waals surface area contributed by atoms with Crippen LogP contribution in [0.5, 0.6) is 5.75 Å². The van der Waals surface area contributed by atoms with Gasteiger partial charge in [-0.15, -0.1) is 0 Å². The number of hydrogen-bond acceptors (Lipinski definition) is 5. The van der Waals surface area contributed by atoms with Crippen LogP contribution in [0.3, 0.4) is 0 Å². The maximum atomic E-state index is 15.5. The number of fused-ring (bicyclic) bond motifs is 2. The Balaban J connectivity index is 1.86. The van der Waals surface area contributed by atoms with Crippen LogP contribution in [0.25, 0.3) is 22.5 Å². The van der Waals surface area contributed by atoms with E-state index in [9.17, 15) is 9.90 Å². The van der Waals surface area contributed by atoms with Gasteiger partial charge in [-0.3, -0.25) is 0 Å². The summed E-state index contributed by atoms with van der Waals surface area (Å²) >= 11 is 0. The van der Waals surface area contributed by atoms with E-state index in [0.717, 1.165) is 47.2 Å². The summed E-state index contributed by atoms with van der Waals surface area (Å²) in [5.41, 5.74) is 6.37. The summed E-state index contributed by atoms with van der Waals surface area (Å²) in [6.45, 7) is 11.7. The van der Waals surface area contributed by atoms with Crippen LogP contribution in [0.2, 0.25) is 0 Å². The van der Waals surface area contributed by atoms with E-state index in [1.807, 2.05) is 33.8 Å². The molecule has 0 radical (unpaired) electrons. The van der Waals surface area contributed by atoms with Gasteiger partial charge in [-0.25, -0.2) is 18.7 Å². The molecule has 1 aliphatic carbocycles. The summed E-state index contributed by atoms with van der Waals surface area (Å²) in [5, 5.41) is 15.3. The van der Waals surface area contributed by atoms with Crippen LogP contribution in [-0.4, -0.2) is 37.9 Å². The molecule has 0 spiro atoms. The number of ether oxygens (including phenoxy) is 2. The van der Waals surface area contributed by atoms with Gasteiger partial charge in [0.1, 0.15) is 0 Å². The zero-order valence-corrected chi connectivity index (χ0v) is 22.8. The van der Waals surface area contributed by atoms with E-state index in [-0.39, 0.29) is 5.75 Å². The summed E-state index contributed by atoms with van der Waals surface area (Å²) < 4.78 is 28.9. The molecule has 8 heteroatoms. The van der Waals surface area contributed by atoms with Crippen LogP contribution in [0.4, 0.5) is 4.39 Å². The third-order valence-corrected chi connectivity index (χ3v) is 7.19. The van der Waals surface area contributed by atoms with E-state index < -0.39 is 23.5 Å². The van der Waals surface area contributed by atoms with Crippen LogP contribution in [-0.2, 0) is 16.0 Å². The van der Waals surface area contributed by atoms with Crippen molar-refractivity contribution >= 4 is 17.2 Å². The predicted molar refractivity (Wildman–Crippen MR) is 144 cm³/mol. The van der Waals surface area contributed by atoms with Gasteiger partial charge in [-0.2, -0.15) is 5.10 Å². The number of allylic oxidation sites excluding steroid dienone is 4. The predicted octanol–water partition coefficient (Wildman–Crippen LogP) is 6.54. The molecule has 1 atom stereocenters. The largest absolute Gasteiger partial charge is 0.490 e.